The lowest BCUT2D eigenvalue weighted by atomic mass is 9.81. The number of benzene rings is 9. The van der Waals surface area contributed by atoms with Crippen molar-refractivity contribution >= 4 is 5.78 Å². The molecule has 0 spiro atoms. The molecule has 0 radical (unpaired) electrons. The van der Waals surface area contributed by atoms with E-state index in [1.165, 1.54) is 27.8 Å². The zero-order valence-corrected chi connectivity index (χ0v) is 35.2. The molecule has 9 aromatic carbocycles. The third-order valence-corrected chi connectivity index (χ3v) is 11.8. The lowest BCUT2D eigenvalue weighted by Crippen LogP contribution is -2.10. The molecule has 0 atom stereocenters. The van der Waals surface area contributed by atoms with Crippen LogP contribution < -0.4 is 0 Å². The number of carbonyl (C=O) groups excluding carboxylic acids is 1. The zero-order chi connectivity index (χ0) is 41.9. The first-order valence-corrected chi connectivity index (χ1v) is 21.1. The van der Waals surface area contributed by atoms with E-state index in [9.17, 15) is 4.79 Å². The van der Waals surface area contributed by atoms with Gasteiger partial charge in [-0.05, 0) is 144 Å². The van der Waals surface area contributed by atoms with E-state index in [2.05, 4.69) is 185 Å². The van der Waals surface area contributed by atoms with Gasteiger partial charge >= 0.3 is 0 Å². The van der Waals surface area contributed by atoms with Crippen LogP contribution in [-0.4, -0.2) is 5.78 Å². The number of rotatable bonds is 9. The molecule has 0 saturated carbocycles. The maximum absolute atomic E-state index is 14.7. The molecule has 0 saturated heterocycles. The lowest BCUT2D eigenvalue weighted by Gasteiger charge is -2.22. The molecule has 0 heterocycles. The van der Waals surface area contributed by atoms with Crippen molar-refractivity contribution in [2.24, 2.45) is 0 Å². The third kappa shape index (κ3) is 8.29. The molecule has 0 aliphatic carbocycles. The molecule has 0 aliphatic rings. The molecule has 1 heteroatoms. The van der Waals surface area contributed by atoms with Gasteiger partial charge < -0.3 is 0 Å². The summed E-state index contributed by atoms with van der Waals surface area (Å²) in [6.45, 7) is 8.97. The Labute approximate surface area is 360 Å². The third-order valence-electron chi connectivity index (χ3n) is 11.8. The zero-order valence-electron chi connectivity index (χ0n) is 35.2. The van der Waals surface area contributed by atoms with Crippen molar-refractivity contribution in [2.75, 3.05) is 0 Å². The van der Waals surface area contributed by atoms with Crippen LogP contribution in [0.2, 0.25) is 0 Å². The summed E-state index contributed by atoms with van der Waals surface area (Å²) in [6, 6.07) is 76.9. The Balaban J connectivity index is 1.23. The SMILES string of the molecule is Cc1ccccc1-c1cc(-c2cccc(C(=O)c3cc(-c4ccccc4)cc(-c4ccccc4)c3)c2)cc(-c2cccc(-c3ccccc3)c2)c1-c1ccc(C(C)(C)C)cc1. The smallest absolute Gasteiger partial charge is 0.193 e. The maximum Gasteiger partial charge on any atom is 0.193 e. The summed E-state index contributed by atoms with van der Waals surface area (Å²) < 4.78 is 0. The molecular formula is C60H48O. The maximum atomic E-state index is 14.7. The van der Waals surface area contributed by atoms with Gasteiger partial charge in [-0.1, -0.05) is 197 Å². The first-order chi connectivity index (χ1) is 29.7. The summed E-state index contributed by atoms with van der Waals surface area (Å²) in [7, 11) is 0. The van der Waals surface area contributed by atoms with E-state index in [0.717, 1.165) is 61.2 Å². The highest BCUT2D eigenvalue weighted by atomic mass is 16.1. The molecule has 0 aliphatic heterocycles. The fraction of sp³-hybridized carbons (Fsp3) is 0.0833. The van der Waals surface area contributed by atoms with Crippen LogP contribution in [0.3, 0.4) is 0 Å². The van der Waals surface area contributed by atoms with Gasteiger partial charge in [0.2, 0.25) is 0 Å². The van der Waals surface area contributed by atoms with Crippen molar-refractivity contribution in [1.82, 2.24) is 0 Å². The molecule has 0 amide bonds. The van der Waals surface area contributed by atoms with Gasteiger partial charge in [0, 0.05) is 11.1 Å². The summed E-state index contributed by atoms with van der Waals surface area (Å²) in [5.74, 6) is -0.0118. The quantitative estimate of drug-likeness (QED) is 0.133. The second-order valence-electron chi connectivity index (χ2n) is 17.0. The second-order valence-corrected chi connectivity index (χ2v) is 17.0. The van der Waals surface area contributed by atoms with Gasteiger partial charge in [0.05, 0.1) is 0 Å². The molecule has 294 valence electrons. The minimum atomic E-state index is -0.0118. The molecule has 9 aromatic rings. The molecular weight excluding hydrogens is 737 g/mol. The normalized spacial score (nSPS) is 11.3. The molecule has 0 unspecified atom stereocenters. The van der Waals surface area contributed by atoms with Gasteiger partial charge in [-0.15, -0.1) is 0 Å². The minimum absolute atomic E-state index is 0.0118. The molecule has 9 rings (SSSR count). The Morgan fingerprint density at radius 3 is 1.36 bits per heavy atom. The topological polar surface area (TPSA) is 17.1 Å². The van der Waals surface area contributed by atoms with E-state index < -0.39 is 0 Å². The fourth-order valence-corrected chi connectivity index (χ4v) is 8.43. The highest BCUT2D eigenvalue weighted by Gasteiger charge is 2.21. The van der Waals surface area contributed by atoms with Crippen LogP contribution in [0, 0.1) is 6.92 Å². The van der Waals surface area contributed by atoms with Gasteiger partial charge in [0.25, 0.3) is 0 Å². The Kier molecular flexibility index (Phi) is 10.7. The summed E-state index contributed by atoms with van der Waals surface area (Å²) in [5, 5.41) is 0. The van der Waals surface area contributed by atoms with Crippen LogP contribution >= 0.6 is 0 Å². The van der Waals surface area contributed by atoms with Crippen molar-refractivity contribution in [2.45, 2.75) is 33.1 Å². The molecule has 1 nitrogen and oxygen atoms in total. The largest absolute Gasteiger partial charge is 0.289 e. The van der Waals surface area contributed by atoms with E-state index >= 15 is 0 Å². The summed E-state index contributed by atoms with van der Waals surface area (Å²) >= 11 is 0. The predicted molar refractivity (Wildman–Crippen MR) is 258 cm³/mol. The number of carbonyl (C=O) groups is 1. The van der Waals surface area contributed by atoms with Gasteiger partial charge in [0.15, 0.2) is 5.78 Å². The van der Waals surface area contributed by atoms with E-state index in [0.29, 0.717) is 11.1 Å². The van der Waals surface area contributed by atoms with Crippen molar-refractivity contribution in [3.63, 3.8) is 0 Å². The summed E-state index contributed by atoms with van der Waals surface area (Å²) in [6.07, 6.45) is 0. The molecule has 61 heavy (non-hydrogen) atoms. The van der Waals surface area contributed by atoms with Crippen LogP contribution in [0.4, 0.5) is 0 Å². The van der Waals surface area contributed by atoms with Gasteiger partial charge in [-0.3, -0.25) is 4.79 Å². The standard InChI is InChI=1S/C60H48O/c1-41-18-14-15-29-55(41)57-40-52(39-56(58(57)45-30-32-54(33-31-45)60(2,3)4)48-27-16-25-46(34-48)42-19-8-5-9-20-42)47-26-17-28-49(35-47)59(61)53-37-50(43-21-10-6-11-22-43)36-51(38-53)44-23-12-7-13-24-44/h5-40H,1-4H3. The van der Waals surface area contributed by atoms with Crippen LogP contribution in [0.5, 0.6) is 0 Å². The van der Waals surface area contributed by atoms with E-state index in [-0.39, 0.29) is 11.2 Å². The van der Waals surface area contributed by atoms with Gasteiger partial charge in [0.1, 0.15) is 0 Å². The summed E-state index contributed by atoms with van der Waals surface area (Å²) in [4.78, 5) is 14.7. The molecule has 0 aromatic heterocycles. The second kappa shape index (κ2) is 16.7. The van der Waals surface area contributed by atoms with Crippen LogP contribution in [0.25, 0.3) is 77.9 Å². The van der Waals surface area contributed by atoms with Crippen LogP contribution in [0.15, 0.2) is 218 Å². The van der Waals surface area contributed by atoms with Crippen molar-refractivity contribution in [3.05, 3.63) is 241 Å². The number of aryl methyl sites for hydroxylation is 1. The van der Waals surface area contributed by atoms with E-state index in [1.807, 2.05) is 60.7 Å². The van der Waals surface area contributed by atoms with Gasteiger partial charge in [-0.2, -0.15) is 0 Å². The molecule has 0 bridgehead atoms. The molecule has 0 N–H and O–H groups in total. The predicted octanol–water partition coefficient (Wildman–Crippen LogP) is 16.2. The first kappa shape index (κ1) is 39.1. The first-order valence-electron chi connectivity index (χ1n) is 21.1. The number of hydrogen-bond acceptors (Lipinski definition) is 1. The fourth-order valence-electron chi connectivity index (χ4n) is 8.43. The Hall–Kier alpha value is -7.35. The monoisotopic (exact) mass is 784 g/mol. The lowest BCUT2D eigenvalue weighted by molar-refractivity contribution is 0.103. The number of hydrogen-bond donors (Lipinski definition) is 0. The summed E-state index contributed by atoms with van der Waals surface area (Å²) in [5.41, 5.74) is 19.3. The molecule has 0 fully saturated rings. The number of ketones is 1. The highest BCUT2D eigenvalue weighted by molar-refractivity contribution is 6.11. The highest BCUT2D eigenvalue weighted by Crippen LogP contribution is 2.45. The Morgan fingerprint density at radius 1 is 0.328 bits per heavy atom. The van der Waals surface area contributed by atoms with E-state index in [1.54, 1.807) is 0 Å². The van der Waals surface area contributed by atoms with Crippen molar-refractivity contribution in [1.29, 1.82) is 0 Å². The Morgan fingerprint density at radius 2 is 0.770 bits per heavy atom. The van der Waals surface area contributed by atoms with Crippen LogP contribution in [-0.2, 0) is 5.41 Å². The van der Waals surface area contributed by atoms with Crippen molar-refractivity contribution in [3.8, 4) is 77.9 Å². The Bertz CT molecular complexity index is 2930. The van der Waals surface area contributed by atoms with E-state index in [4.69, 9.17) is 0 Å². The van der Waals surface area contributed by atoms with Gasteiger partial charge in [-0.25, -0.2) is 0 Å². The minimum Gasteiger partial charge on any atom is -0.289 e. The average Bonchev–Trinajstić information content (AvgIpc) is 3.31. The average molecular weight is 785 g/mol. The van der Waals surface area contributed by atoms with Crippen LogP contribution in [0.1, 0.15) is 47.8 Å². The van der Waals surface area contributed by atoms with Crippen molar-refractivity contribution < 1.29 is 4.79 Å².